The van der Waals surface area contributed by atoms with Gasteiger partial charge >= 0.3 is 0 Å². The SMILES string of the molecule is CCOc1ccc(-c2cn(C3CN(C(=O)CC4CCCCC4)C3)nn2)cc1F. The third-order valence-corrected chi connectivity index (χ3v) is 5.81. The minimum Gasteiger partial charge on any atom is -0.491 e. The van der Waals surface area contributed by atoms with E-state index in [0.29, 0.717) is 43.3 Å². The summed E-state index contributed by atoms with van der Waals surface area (Å²) in [5.74, 6) is 0.659. The molecule has 4 rings (SSSR count). The second kappa shape index (κ2) is 8.29. The molecule has 6 nitrogen and oxygen atoms in total. The van der Waals surface area contributed by atoms with Gasteiger partial charge in [0.1, 0.15) is 5.69 Å². The molecule has 1 aliphatic heterocycles. The zero-order valence-corrected chi connectivity index (χ0v) is 16.3. The summed E-state index contributed by atoms with van der Waals surface area (Å²) >= 11 is 0. The average molecular weight is 386 g/mol. The Labute approximate surface area is 164 Å². The van der Waals surface area contributed by atoms with Crippen molar-refractivity contribution in [2.45, 2.75) is 51.5 Å². The van der Waals surface area contributed by atoms with E-state index < -0.39 is 5.82 Å². The molecule has 0 N–H and O–H groups in total. The molecule has 7 heteroatoms. The first-order chi connectivity index (χ1) is 13.6. The number of likely N-dealkylation sites (tertiary alicyclic amines) is 1. The summed E-state index contributed by atoms with van der Waals surface area (Å²) in [5.41, 5.74) is 1.28. The Kier molecular flexibility index (Phi) is 5.59. The standard InChI is InChI=1S/C21H27FN4O2/c1-2-28-20-9-8-16(11-18(20)22)19-14-26(24-23-19)17-12-25(13-17)21(27)10-15-6-4-3-5-7-15/h8-9,11,14-15,17H,2-7,10,12-13H2,1H3. The van der Waals surface area contributed by atoms with Gasteiger partial charge in [-0.15, -0.1) is 5.10 Å². The lowest BCUT2D eigenvalue weighted by atomic mass is 9.86. The molecule has 0 radical (unpaired) electrons. The molecule has 0 bridgehead atoms. The summed E-state index contributed by atoms with van der Waals surface area (Å²) in [6.07, 6.45) is 8.71. The number of ether oxygens (including phenoxy) is 1. The van der Waals surface area contributed by atoms with Crippen LogP contribution >= 0.6 is 0 Å². The number of hydrogen-bond acceptors (Lipinski definition) is 4. The molecule has 2 aliphatic rings. The molecular formula is C21H27FN4O2. The number of carbonyl (C=O) groups excluding carboxylic acids is 1. The monoisotopic (exact) mass is 386 g/mol. The first-order valence-corrected chi connectivity index (χ1v) is 10.3. The van der Waals surface area contributed by atoms with Crippen LogP contribution in [0.25, 0.3) is 11.3 Å². The minimum absolute atomic E-state index is 0.143. The Balaban J connectivity index is 1.33. The lowest BCUT2D eigenvalue weighted by Gasteiger charge is -2.39. The van der Waals surface area contributed by atoms with Crippen LogP contribution in [0.5, 0.6) is 5.75 Å². The van der Waals surface area contributed by atoms with Crippen LogP contribution in [0.15, 0.2) is 24.4 Å². The molecular weight excluding hydrogens is 359 g/mol. The van der Waals surface area contributed by atoms with Crippen LogP contribution in [-0.2, 0) is 4.79 Å². The van der Waals surface area contributed by atoms with E-state index in [9.17, 15) is 9.18 Å². The third-order valence-electron chi connectivity index (χ3n) is 5.81. The summed E-state index contributed by atoms with van der Waals surface area (Å²) in [7, 11) is 0. The van der Waals surface area contributed by atoms with E-state index in [1.807, 2.05) is 18.0 Å². The smallest absolute Gasteiger partial charge is 0.222 e. The van der Waals surface area contributed by atoms with Crippen molar-refractivity contribution in [1.82, 2.24) is 19.9 Å². The number of halogens is 1. The quantitative estimate of drug-likeness (QED) is 0.757. The van der Waals surface area contributed by atoms with Gasteiger partial charge in [-0.05, 0) is 43.9 Å². The van der Waals surface area contributed by atoms with Crippen molar-refractivity contribution in [2.75, 3.05) is 19.7 Å². The largest absolute Gasteiger partial charge is 0.491 e. The number of aromatic nitrogens is 3. The predicted molar refractivity (Wildman–Crippen MR) is 103 cm³/mol. The summed E-state index contributed by atoms with van der Waals surface area (Å²) in [6, 6.07) is 4.95. The number of hydrogen-bond donors (Lipinski definition) is 0. The van der Waals surface area contributed by atoms with Gasteiger partial charge in [-0.1, -0.05) is 24.5 Å². The van der Waals surface area contributed by atoms with E-state index >= 15 is 0 Å². The molecule has 150 valence electrons. The maximum Gasteiger partial charge on any atom is 0.222 e. The number of amides is 1. The molecule has 1 aliphatic carbocycles. The van der Waals surface area contributed by atoms with E-state index in [4.69, 9.17) is 4.74 Å². The fourth-order valence-electron chi connectivity index (χ4n) is 4.11. The van der Waals surface area contributed by atoms with Crippen molar-refractivity contribution in [3.63, 3.8) is 0 Å². The van der Waals surface area contributed by atoms with Crippen molar-refractivity contribution in [3.8, 4) is 17.0 Å². The van der Waals surface area contributed by atoms with Crippen molar-refractivity contribution in [2.24, 2.45) is 5.92 Å². The second-order valence-electron chi connectivity index (χ2n) is 7.82. The van der Waals surface area contributed by atoms with E-state index in [1.54, 1.807) is 16.8 Å². The van der Waals surface area contributed by atoms with Gasteiger partial charge < -0.3 is 9.64 Å². The highest BCUT2D eigenvalue weighted by molar-refractivity contribution is 5.77. The van der Waals surface area contributed by atoms with E-state index in [2.05, 4.69) is 10.3 Å². The van der Waals surface area contributed by atoms with E-state index in [1.165, 1.54) is 38.2 Å². The molecule has 2 aromatic rings. The summed E-state index contributed by atoms with van der Waals surface area (Å²) in [6.45, 7) is 3.59. The third kappa shape index (κ3) is 4.03. The molecule has 1 aromatic carbocycles. The fraction of sp³-hybridized carbons (Fsp3) is 0.571. The van der Waals surface area contributed by atoms with Crippen LogP contribution in [0, 0.1) is 11.7 Å². The van der Waals surface area contributed by atoms with Crippen LogP contribution in [0.2, 0.25) is 0 Å². The molecule has 0 atom stereocenters. The number of nitrogens with zero attached hydrogens (tertiary/aromatic N) is 4. The van der Waals surface area contributed by atoms with Gasteiger partial charge in [-0.2, -0.15) is 0 Å². The van der Waals surface area contributed by atoms with Gasteiger partial charge in [0.05, 0.1) is 18.8 Å². The van der Waals surface area contributed by atoms with Gasteiger partial charge in [-0.25, -0.2) is 9.07 Å². The highest BCUT2D eigenvalue weighted by atomic mass is 19.1. The number of carbonyl (C=O) groups is 1. The summed E-state index contributed by atoms with van der Waals surface area (Å²) in [4.78, 5) is 14.4. The molecule has 28 heavy (non-hydrogen) atoms. The maximum atomic E-state index is 14.1. The molecule has 1 aromatic heterocycles. The van der Waals surface area contributed by atoms with Gasteiger partial charge in [0.25, 0.3) is 0 Å². The van der Waals surface area contributed by atoms with Crippen LogP contribution in [0.1, 0.15) is 51.5 Å². The van der Waals surface area contributed by atoms with Crippen molar-refractivity contribution >= 4 is 5.91 Å². The number of benzene rings is 1. The van der Waals surface area contributed by atoms with Crippen molar-refractivity contribution in [3.05, 3.63) is 30.2 Å². The Hall–Kier alpha value is -2.44. The Bertz CT molecular complexity index is 826. The lowest BCUT2D eigenvalue weighted by Crippen LogP contribution is -2.51. The molecule has 1 amide bonds. The molecule has 0 unspecified atom stereocenters. The fourth-order valence-corrected chi connectivity index (χ4v) is 4.11. The van der Waals surface area contributed by atoms with Gasteiger partial charge in [0.2, 0.25) is 5.91 Å². The molecule has 1 saturated carbocycles. The molecule has 0 spiro atoms. The first-order valence-electron chi connectivity index (χ1n) is 10.3. The first kappa shape index (κ1) is 18.9. The topological polar surface area (TPSA) is 60.2 Å². The Morgan fingerprint density at radius 1 is 1.25 bits per heavy atom. The summed E-state index contributed by atoms with van der Waals surface area (Å²) in [5, 5.41) is 8.36. The Morgan fingerprint density at radius 2 is 2.04 bits per heavy atom. The zero-order valence-electron chi connectivity index (χ0n) is 16.3. The van der Waals surface area contributed by atoms with Gasteiger partial charge in [0.15, 0.2) is 11.6 Å². The summed E-state index contributed by atoms with van der Waals surface area (Å²) < 4.78 is 21.1. The zero-order chi connectivity index (χ0) is 19.5. The second-order valence-corrected chi connectivity index (χ2v) is 7.82. The van der Waals surface area contributed by atoms with Crippen LogP contribution < -0.4 is 4.74 Å². The van der Waals surface area contributed by atoms with Gasteiger partial charge in [0, 0.05) is 25.1 Å². The van der Waals surface area contributed by atoms with Crippen LogP contribution in [0.4, 0.5) is 4.39 Å². The predicted octanol–water partition coefficient (Wildman–Crippen LogP) is 3.84. The normalized spacial score (nSPS) is 18.1. The van der Waals surface area contributed by atoms with Gasteiger partial charge in [-0.3, -0.25) is 4.79 Å². The molecule has 1 saturated heterocycles. The molecule has 2 fully saturated rings. The van der Waals surface area contributed by atoms with E-state index in [0.717, 1.165) is 0 Å². The maximum absolute atomic E-state index is 14.1. The van der Waals surface area contributed by atoms with Crippen LogP contribution in [0.3, 0.4) is 0 Å². The average Bonchev–Trinajstić information content (AvgIpc) is 3.13. The number of rotatable bonds is 6. The highest BCUT2D eigenvalue weighted by Gasteiger charge is 2.33. The Morgan fingerprint density at radius 3 is 2.75 bits per heavy atom. The van der Waals surface area contributed by atoms with Crippen LogP contribution in [-0.4, -0.2) is 45.5 Å². The molecule has 2 heterocycles. The van der Waals surface area contributed by atoms with Crippen molar-refractivity contribution < 1.29 is 13.9 Å². The highest BCUT2D eigenvalue weighted by Crippen LogP contribution is 2.30. The van der Waals surface area contributed by atoms with E-state index in [-0.39, 0.29) is 17.7 Å². The van der Waals surface area contributed by atoms with Crippen molar-refractivity contribution in [1.29, 1.82) is 0 Å². The minimum atomic E-state index is -0.406. The lowest BCUT2D eigenvalue weighted by molar-refractivity contribution is -0.138.